The van der Waals surface area contributed by atoms with E-state index >= 15 is 0 Å². The van der Waals surface area contributed by atoms with Crippen LogP contribution in [0.5, 0.6) is 0 Å². The normalized spacial score (nSPS) is 34.9. The summed E-state index contributed by atoms with van der Waals surface area (Å²) >= 11 is 0. The molecule has 3 aliphatic rings. The van der Waals surface area contributed by atoms with Gasteiger partial charge in [0.05, 0.1) is 11.7 Å². The van der Waals surface area contributed by atoms with Crippen molar-refractivity contribution in [3.63, 3.8) is 0 Å². The molecule has 3 unspecified atom stereocenters. The number of hydrogen-bond acceptors (Lipinski definition) is 3. The summed E-state index contributed by atoms with van der Waals surface area (Å²) in [7, 11) is 1.96. The second-order valence-corrected chi connectivity index (χ2v) is 8.10. The quantitative estimate of drug-likeness (QED) is 0.923. The Bertz CT molecular complexity index is 639. The van der Waals surface area contributed by atoms with Gasteiger partial charge in [0.25, 0.3) is 0 Å². The second-order valence-electron chi connectivity index (χ2n) is 8.10. The predicted octanol–water partition coefficient (Wildman–Crippen LogP) is 2.81. The summed E-state index contributed by atoms with van der Waals surface area (Å²) in [5, 5.41) is 7.78. The predicted molar refractivity (Wildman–Crippen MR) is 91.5 cm³/mol. The number of aromatic nitrogens is 2. The molecule has 0 spiro atoms. The van der Waals surface area contributed by atoms with Gasteiger partial charge in [0, 0.05) is 31.3 Å². The van der Waals surface area contributed by atoms with Crippen LogP contribution in [0.1, 0.15) is 61.6 Å². The van der Waals surface area contributed by atoms with Gasteiger partial charge in [-0.1, -0.05) is 6.42 Å². The van der Waals surface area contributed by atoms with Crippen molar-refractivity contribution in [2.75, 3.05) is 6.61 Å². The van der Waals surface area contributed by atoms with E-state index in [9.17, 15) is 4.79 Å². The lowest BCUT2D eigenvalue weighted by atomic mass is 9.86. The number of carbonyl (C=O) groups is 1. The maximum absolute atomic E-state index is 12.6. The Morgan fingerprint density at radius 2 is 2.12 bits per heavy atom. The van der Waals surface area contributed by atoms with Crippen LogP contribution in [0.15, 0.2) is 0 Å². The second kappa shape index (κ2) is 6.17. The molecule has 2 heterocycles. The zero-order valence-electron chi connectivity index (χ0n) is 15.0. The Labute approximate surface area is 144 Å². The average Bonchev–Trinajstić information content (AvgIpc) is 3.27. The first-order valence-electron chi connectivity index (χ1n) is 9.44. The number of amides is 1. The van der Waals surface area contributed by atoms with E-state index in [1.807, 2.05) is 18.7 Å². The number of hydrogen-bond donors (Lipinski definition) is 1. The first-order valence-corrected chi connectivity index (χ1v) is 9.44. The zero-order chi connectivity index (χ0) is 16.8. The molecular weight excluding hydrogens is 302 g/mol. The fourth-order valence-corrected chi connectivity index (χ4v) is 5.35. The van der Waals surface area contributed by atoms with Crippen molar-refractivity contribution in [2.24, 2.45) is 24.8 Å². The number of ether oxygens (including phenoxy) is 1. The average molecular weight is 331 g/mol. The molecule has 0 radical (unpaired) electrons. The molecule has 1 N–H and O–H groups in total. The maximum atomic E-state index is 12.6. The summed E-state index contributed by atoms with van der Waals surface area (Å²) in [6, 6.07) is 0.0812. The van der Waals surface area contributed by atoms with Gasteiger partial charge in [-0.05, 0) is 57.3 Å². The monoisotopic (exact) mass is 331 g/mol. The fourth-order valence-electron chi connectivity index (χ4n) is 5.35. The highest BCUT2D eigenvalue weighted by molar-refractivity contribution is 5.76. The summed E-state index contributed by atoms with van der Waals surface area (Å²) in [5.41, 5.74) is 3.29. The lowest BCUT2D eigenvalue weighted by molar-refractivity contribution is -0.123. The van der Waals surface area contributed by atoms with Crippen molar-refractivity contribution < 1.29 is 9.53 Å². The minimum Gasteiger partial charge on any atom is -0.371 e. The number of fused-ring (bicyclic) bond motifs is 2. The topological polar surface area (TPSA) is 56.1 Å². The van der Waals surface area contributed by atoms with E-state index in [4.69, 9.17) is 4.74 Å². The lowest BCUT2D eigenvalue weighted by Gasteiger charge is -2.24. The molecule has 5 heteroatoms. The minimum absolute atomic E-state index is 0.0531. The van der Waals surface area contributed by atoms with E-state index < -0.39 is 0 Å². The third-order valence-electron chi connectivity index (χ3n) is 6.62. The van der Waals surface area contributed by atoms with Gasteiger partial charge in [0.15, 0.2) is 0 Å². The highest BCUT2D eigenvalue weighted by Crippen LogP contribution is 2.49. The van der Waals surface area contributed by atoms with Gasteiger partial charge in [0.2, 0.25) is 5.91 Å². The van der Waals surface area contributed by atoms with Gasteiger partial charge >= 0.3 is 0 Å². The van der Waals surface area contributed by atoms with Gasteiger partial charge in [-0.15, -0.1) is 0 Å². The van der Waals surface area contributed by atoms with Crippen LogP contribution in [0, 0.1) is 31.6 Å². The van der Waals surface area contributed by atoms with E-state index in [2.05, 4.69) is 17.3 Å². The van der Waals surface area contributed by atoms with E-state index in [1.165, 1.54) is 25.7 Å². The van der Waals surface area contributed by atoms with E-state index in [1.54, 1.807) is 0 Å². The van der Waals surface area contributed by atoms with Crippen molar-refractivity contribution in [2.45, 2.75) is 64.5 Å². The standard InChI is InChI=1S/C19H29N3O2/c1-11-18(12(2)22(3)21-11)19-16(6-7-24-19)20-17(23)10-15-9-13-4-5-14(15)8-13/h13-16,19H,4-10H2,1-3H3,(H,20,23)/t13?,14?,15?,16-,19-/m1/s1. The van der Waals surface area contributed by atoms with Crippen LogP contribution in [-0.4, -0.2) is 28.3 Å². The van der Waals surface area contributed by atoms with Crippen LogP contribution in [0.3, 0.4) is 0 Å². The summed E-state index contributed by atoms with van der Waals surface area (Å²) in [6.45, 7) is 4.81. The maximum Gasteiger partial charge on any atom is 0.220 e. The Morgan fingerprint density at radius 3 is 2.75 bits per heavy atom. The number of rotatable bonds is 4. The van der Waals surface area contributed by atoms with Crippen molar-refractivity contribution in [3.8, 4) is 0 Å². The van der Waals surface area contributed by atoms with Gasteiger partial charge in [-0.25, -0.2) is 0 Å². The largest absolute Gasteiger partial charge is 0.371 e. The van der Waals surface area contributed by atoms with Crippen LogP contribution < -0.4 is 5.32 Å². The molecule has 5 nitrogen and oxygen atoms in total. The third kappa shape index (κ3) is 2.77. The van der Waals surface area contributed by atoms with Crippen LogP contribution in [0.4, 0.5) is 0 Å². The molecule has 1 amide bonds. The molecule has 132 valence electrons. The van der Waals surface area contributed by atoms with Gasteiger partial charge in [-0.3, -0.25) is 9.48 Å². The molecule has 5 atom stereocenters. The Hall–Kier alpha value is -1.36. The molecule has 2 bridgehead atoms. The summed E-state index contributed by atoms with van der Waals surface area (Å²) in [6.07, 6.45) is 6.90. The molecule has 2 saturated carbocycles. The smallest absolute Gasteiger partial charge is 0.220 e. The molecule has 4 rings (SSSR count). The van der Waals surface area contributed by atoms with Crippen molar-refractivity contribution >= 4 is 5.91 Å². The Kier molecular flexibility index (Phi) is 4.15. The van der Waals surface area contributed by atoms with E-state index in [-0.39, 0.29) is 18.1 Å². The van der Waals surface area contributed by atoms with Crippen molar-refractivity contribution in [1.29, 1.82) is 0 Å². The van der Waals surface area contributed by atoms with Gasteiger partial charge < -0.3 is 10.1 Å². The molecule has 1 saturated heterocycles. The number of nitrogens with one attached hydrogen (secondary N) is 1. The van der Waals surface area contributed by atoms with Crippen molar-refractivity contribution in [1.82, 2.24) is 15.1 Å². The van der Waals surface area contributed by atoms with E-state index in [0.717, 1.165) is 35.2 Å². The minimum atomic E-state index is -0.0531. The molecule has 2 aliphatic carbocycles. The number of aryl methyl sites for hydroxylation is 2. The molecule has 0 aromatic carbocycles. The fraction of sp³-hybridized carbons (Fsp3) is 0.789. The van der Waals surface area contributed by atoms with E-state index in [0.29, 0.717) is 18.9 Å². The Morgan fingerprint density at radius 1 is 1.29 bits per heavy atom. The third-order valence-corrected chi connectivity index (χ3v) is 6.62. The zero-order valence-corrected chi connectivity index (χ0v) is 15.0. The van der Waals surface area contributed by atoms with Crippen LogP contribution in [-0.2, 0) is 16.6 Å². The highest BCUT2D eigenvalue weighted by atomic mass is 16.5. The molecule has 1 aliphatic heterocycles. The number of nitrogens with zero attached hydrogens (tertiary/aromatic N) is 2. The first kappa shape index (κ1) is 16.1. The lowest BCUT2D eigenvalue weighted by Crippen LogP contribution is -2.38. The van der Waals surface area contributed by atoms with Crippen LogP contribution in [0.25, 0.3) is 0 Å². The molecule has 3 fully saturated rings. The molecule has 24 heavy (non-hydrogen) atoms. The molecule has 1 aromatic rings. The summed E-state index contributed by atoms with van der Waals surface area (Å²) in [5.74, 6) is 2.54. The SMILES string of the molecule is Cc1nn(C)c(C)c1[C@@H]1OCC[C@H]1NC(=O)CC1CC2CCC1C2. The summed E-state index contributed by atoms with van der Waals surface area (Å²) < 4.78 is 7.88. The highest BCUT2D eigenvalue weighted by Gasteiger charge is 2.41. The van der Waals surface area contributed by atoms with Crippen LogP contribution in [0.2, 0.25) is 0 Å². The van der Waals surface area contributed by atoms with Crippen LogP contribution >= 0.6 is 0 Å². The van der Waals surface area contributed by atoms with Crippen molar-refractivity contribution in [3.05, 3.63) is 17.0 Å². The Balaban J connectivity index is 1.41. The number of carbonyl (C=O) groups excluding carboxylic acids is 1. The molecule has 1 aromatic heterocycles. The van der Waals surface area contributed by atoms with Gasteiger partial charge in [-0.2, -0.15) is 5.10 Å². The summed E-state index contributed by atoms with van der Waals surface area (Å²) in [4.78, 5) is 12.6. The van der Waals surface area contributed by atoms with Gasteiger partial charge in [0.1, 0.15) is 6.10 Å². The first-order chi connectivity index (χ1) is 11.5. The molecular formula is C19H29N3O2.